The maximum absolute atomic E-state index is 11.9. The molecule has 1 aliphatic heterocycles. The van der Waals surface area contributed by atoms with Crippen LogP contribution in [0.3, 0.4) is 0 Å². The van der Waals surface area contributed by atoms with Gasteiger partial charge in [-0.3, -0.25) is 4.79 Å². The predicted molar refractivity (Wildman–Crippen MR) is 65.1 cm³/mol. The van der Waals surface area contributed by atoms with Crippen molar-refractivity contribution < 1.29 is 20.1 Å². The maximum Gasteiger partial charge on any atom is 0.227 e. The summed E-state index contributed by atoms with van der Waals surface area (Å²) < 4.78 is 0. The Bertz CT molecular complexity index is 543. The van der Waals surface area contributed by atoms with Crippen LogP contribution in [-0.2, 0) is 4.79 Å². The molecule has 0 radical (unpaired) electrons. The van der Waals surface area contributed by atoms with Gasteiger partial charge in [0.1, 0.15) is 6.04 Å². The van der Waals surface area contributed by atoms with E-state index in [4.69, 9.17) is 0 Å². The summed E-state index contributed by atoms with van der Waals surface area (Å²) >= 11 is 0. The number of Topliss-reactive ketones (excluding diaryl/α,β-unsaturated/α-hetero) is 1. The van der Waals surface area contributed by atoms with Gasteiger partial charge < -0.3 is 20.6 Å². The molecule has 0 aliphatic carbocycles. The monoisotopic (exact) mass is 247 g/mol. The van der Waals surface area contributed by atoms with E-state index in [-0.39, 0.29) is 0 Å². The zero-order valence-electron chi connectivity index (χ0n) is 9.71. The van der Waals surface area contributed by atoms with Crippen molar-refractivity contribution in [2.45, 2.75) is 13.0 Å². The quantitative estimate of drug-likeness (QED) is 0.609. The van der Waals surface area contributed by atoms with Crippen LogP contribution in [0.25, 0.3) is 0 Å². The Morgan fingerprint density at radius 1 is 1.06 bits per heavy atom. The lowest BCUT2D eigenvalue weighted by Gasteiger charge is -2.14. The van der Waals surface area contributed by atoms with Gasteiger partial charge in [0.25, 0.3) is 0 Å². The molecule has 94 valence electrons. The smallest absolute Gasteiger partial charge is 0.227 e. The molecule has 0 fully saturated rings. The van der Waals surface area contributed by atoms with E-state index in [0.717, 1.165) is 11.8 Å². The number of carbonyl (C=O) groups is 1. The molecule has 1 unspecified atom stereocenters. The van der Waals surface area contributed by atoms with E-state index in [1.807, 2.05) is 19.1 Å². The highest BCUT2D eigenvalue weighted by molar-refractivity contribution is 5.99. The average molecular weight is 247 g/mol. The molecule has 0 aromatic heterocycles. The van der Waals surface area contributed by atoms with Crippen LogP contribution >= 0.6 is 0 Å². The average Bonchev–Trinajstić information content (AvgIpc) is 2.46. The highest BCUT2D eigenvalue weighted by atomic mass is 16.3. The third kappa shape index (κ3) is 2.02. The lowest BCUT2D eigenvalue weighted by molar-refractivity contribution is -0.120. The molecule has 1 heterocycles. The first-order valence-corrected chi connectivity index (χ1v) is 5.39. The molecular weight excluding hydrogens is 234 g/mol. The van der Waals surface area contributed by atoms with Gasteiger partial charge in [0.15, 0.2) is 5.76 Å². The number of rotatable bonds is 1. The maximum atomic E-state index is 11.9. The van der Waals surface area contributed by atoms with E-state index >= 15 is 0 Å². The SMILES string of the molecule is Cc1ccc(C2NC=C(O)C(O)=C(O)C2=O)cc1. The molecule has 1 aliphatic rings. The zero-order valence-corrected chi connectivity index (χ0v) is 9.71. The van der Waals surface area contributed by atoms with Gasteiger partial charge in [0.05, 0.1) is 0 Å². The molecule has 0 bridgehead atoms. The molecule has 0 saturated heterocycles. The van der Waals surface area contributed by atoms with Crippen molar-refractivity contribution in [3.05, 3.63) is 58.9 Å². The van der Waals surface area contributed by atoms with Crippen LogP contribution < -0.4 is 5.32 Å². The van der Waals surface area contributed by atoms with Gasteiger partial charge in [-0.05, 0) is 12.5 Å². The van der Waals surface area contributed by atoms with Crippen molar-refractivity contribution in [1.82, 2.24) is 5.32 Å². The summed E-state index contributed by atoms with van der Waals surface area (Å²) in [6.45, 7) is 1.92. The normalized spacial score (nSPS) is 20.2. The molecule has 1 aromatic carbocycles. The number of nitrogens with one attached hydrogen (secondary N) is 1. The van der Waals surface area contributed by atoms with Crippen LogP contribution in [0.15, 0.2) is 47.7 Å². The molecular formula is C13H13NO4. The number of hydrogen-bond acceptors (Lipinski definition) is 5. The summed E-state index contributed by atoms with van der Waals surface area (Å²) in [5.74, 6) is -2.94. The fourth-order valence-corrected chi connectivity index (χ4v) is 1.69. The van der Waals surface area contributed by atoms with Crippen LogP contribution in [0.2, 0.25) is 0 Å². The number of ketones is 1. The van der Waals surface area contributed by atoms with E-state index in [1.165, 1.54) is 0 Å². The van der Waals surface area contributed by atoms with Crippen molar-refractivity contribution in [3.63, 3.8) is 0 Å². The first kappa shape index (κ1) is 12.0. The Morgan fingerprint density at radius 2 is 1.67 bits per heavy atom. The number of aliphatic hydroxyl groups excluding tert-OH is 3. The first-order chi connectivity index (χ1) is 8.50. The van der Waals surface area contributed by atoms with Crippen molar-refractivity contribution >= 4 is 5.78 Å². The second kappa shape index (κ2) is 4.44. The van der Waals surface area contributed by atoms with E-state index in [2.05, 4.69) is 5.32 Å². The fourth-order valence-electron chi connectivity index (χ4n) is 1.69. The third-order valence-electron chi connectivity index (χ3n) is 2.76. The molecule has 0 amide bonds. The minimum absolute atomic E-state index is 0.574. The highest BCUT2D eigenvalue weighted by Crippen LogP contribution is 2.23. The number of benzene rings is 1. The minimum atomic E-state index is -0.848. The van der Waals surface area contributed by atoms with Gasteiger partial charge in [0, 0.05) is 6.20 Å². The second-order valence-corrected chi connectivity index (χ2v) is 4.10. The molecule has 4 N–H and O–H groups in total. The molecule has 1 atom stereocenters. The van der Waals surface area contributed by atoms with Gasteiger partial charge in [0.2, 0.25) is 17.3 Å². The Labute approximate surface area is 104 Å². The first-order valence-electron chi connectivity index (χ1n) is 5.39. The van der Waals surface area contributed by atoms with Gasteiger partial charge >= 0.3 is 0 Å². The van der Waals surface area contributed by atoms with Crippen LogP contribution in [0, 0.1) is 6.92 Å². The van der Waals surface area contributed by atoms with E-state index < -0.39 is 29.1 Å². The number of aryl methyl sites for hydroxylation is 1. The van der Waals surface area contributed by atoms with Crippen LogP contribution in [0.5, 0.6) is 0 Å². The summed E-state index contributed by atoms with van der Waals surface area (Å²) in [5, 5.41) is 30.9. The van der Waals surface area contributed by atoms with Crippen molar-refractivity contribution in [2.24, 2.45) is 0 Å². The summed E-state index contributed by atoms with van der Waals surface area (Å²) in [5.41, 5.74) is 1.68. The van der Waals surface area contributed by atoms with Gasteiger partial charge in [-0.2, -0.15) is 0 Å². The highest BCUT2D eigenvalue weighted by Gasteiger charge is 2.29. The predicted octanol–water partition coefficient (Wildman–Crippen LogP) is 1.94. The lowest BCUT2D eigenvalue weighted by Crippen LogP contribution is -2.25. The Hall–Kier alpha value is -2.43. The van der Waals surface area contributed by atoms with Crippen molar-refractivity contribution in [1.29, 1.82) is 0 Å². The zero-order chi connectivity index (χ0) is 13.3. The van der Waals surface area contributed by atoms with Crippen LogP contribution in [0.4, 0.5) is 0 Å². The molecule has 0 spiro atoms. The third-order valence-corrected chi connectivity index (χ3v) is 2.76. The number of hydrogen-bond donors (Lipinski definition) is 4. The standard InChI is InChI=1S/C13H13NO4/c1-7-2-4-8(5-3-7)10-12(17)13(18)11(16)9(15)6-14-10/h2-6,10,14-16,18H,1H3. The van der Waals surface area contributed by atoms with E-state index in [9.17, 15) is 20.1 Å². The van der Waals surface area contributed by atoms with E-state index in [1.54, 1.807) is 12.1 Å². The fraction of sp³-hybridized carbons (Fsp3) is 0.154. The molecule has 0 saturated carbocycles. The summed E-state index contributed by atoms with van der Waals surface area (Å²) in [6.07, 6.45) is 1.08. The topological polar surface area (TPSA) is 89.8 Å². The van der Waals surface area contributed by atoms with Gasteiger partial charge in [-0.15, -0.1) is 0 Å². The van der Waals surface area contributed by atoms with Crippen LogP contribution in [-0.4, -0.2) is 21.1 Å². The van der Waals surface area contributed by atoms with Crippen molar-refractivity contribution in [3.8, 4) is 0 Å². The molecule has 5 heteroatoms. The van der Waals surface area contributed by atoms with Crippen LogP contribution in [0.1, 0.15) is 17.2 Å². The lowest BCUT2D eigenvalue weighted by atomic mass is 10.0. The Kier molecular flexibility index (Phi) is 2.97. The Morgan fingerprint density at radius 3 is 2.28 bits per heavy atom. The summed E-state index contributed by atoms with van der Waals surface area (Å²) in [7, 11) is 0. The minimum Gasteiger partial charge on any atom is -0.503 e. The molecule has 18 heavy (non-hydrogen) atoms. The molecule has 2 rings (SSSR count). The molecule has 5 nitrogen and oxygen atoms in total. The largest absolute Gasteiger partial charge is 0.503 e. The Balaban J connectivity index is 2.41. The summed E-state index contributed by atoms with van der Waals surface area (Å²) in [6, 6.07) is 6.31. The number of aliphatic hydroxyl groups is 3. The second-order valence-electron chi connectivity index (χ2n) is 4.10. The van der Waals surface area contributed by atoms with Crippen molar-refractivity contribution in [2.75, 3.05) is 0 Å². The summed E-state index contributed by atoms with van der Waals surface area (Å²) in [4.78, 5) is 11.9. The van der Waals surface area contributed by atoms with E-state index in [0.29, 0.717) is 5.56 Å². The number of carbonyl (C=O) groups excluding carboxylic acids is 1. The van der Waals surface area contributed by atoms with Gasteiger partial charge in [-0.1, -0.05) is 29.8 Å². The molecule has 1 aromatic rings. The van der Waals surface area contributed by atoms with Gasteiger partial charge in [-0.25, -0.2) is 0 Å².